The third-order valence-electron chi connectivity index (χ3n) is 1.45. The van der Waals surface area contributed by atoms with Gasteiger partial charge in [0.1, 0.15) is 0 Å². The van der Waals surface area contributed by atoms with E-state index in [9.17, 15) is 4.79 Å². The lowest BCUT2D eigenvalue weighted by Crippen LogP contribution is -2.02. The molecule has 1 aromatic rings. The quantitative estimate of drug-likeness (QED) is 0.411. The van der Waals surface area contributed by atoms with Gasteiger partial charge in [-0.05, 0) is 5.56 Å². The fraction of sp³-hybridized carbons (Fsp3) is 0. The summed E-state index contributed by atoms with van der Waals surface area (Å²) in [7, 11) is 0. The van der Waals surface area contributed by atoms with Crippen LogP contribution in [0.4, 0.5) is 0 Å². The summed E-state index contributed by atoms with van der Waals surface area (Å²) < 4.78 is 0. The molecule has 0 atom stereocenters. The molecular formula is C9H8O3. The van der Waals surface area contributed by atoms with Crippen molar-refractivity contribution < 1.29 is 14.9 Å². The lowest BCUT2D eigenvalue weighted by molar-refractivity contribution is -0.226. The molecule has 3 nitrogen and oxygen atoms in total. The smallest absolute Gasteiger partial charge is 0.296 e. The molecule has 0 fully saturated rings. The van der Waals surface area contributed by atoms with Crippen molar-refractivity contribution in [2.24, 2.45) is 0 Å². The lowest BCUT2D eigenvalue weighted by Gasteiger charge is -1.99. The third-order valence-corrected chi connectivity index (χ3v) is 1.45. The van der Waals surface area contributed by atoms with Crippen LogP contribution in [0.25, 0.3) is 5.57 Å². The average Bonchev–Trinajstić information content (AvgIpc) is 2.17. The van der Waals surface area contributed by atoms with E-state index in [4.69, 9.17) is 5.26 Å². The highest BCUT2D eigenvalue weighted by Crippen LogP contribution is 2.12. The second-order valence-corrected chi connectivity index (χ2v) is 2.22. The Morgan fingerprint density at radius 2 is 1.92 bits per heavy atom. The molecule has 3 heteroatoms. The number of carbonyl (C=O) groups excluding carboxylic acids is 1. The maximum Gasteiger partial charge on any atom is 0.372 e. The molecule has 0 aliphatic heterocycles. The van der Waals surface area contributed by atoms with E-state index in [-0.39, 0.29) is 5.57 Å². The van der Waals surface area contributed by atoms with Gasteiger partial charge in [-0.3, -0.25) is 4.89 Å². The molecular weight excluding hydrogens is 156 g/mol. The van der Waals surface area contributed by atoms with Crippen LogP contribution < -0.4 is 0 Å². The molecule has 0 amide bonds. The van der Waals surface area contributed by atoms with Gasteiger partial charge in [0.25, 0.3) is 0 Å². The summed E-state index contributed by atoms with van der Waals surface area (Å²) >= 11 is 0. The Bertz CT molecular complexity index is 290. The number of hydrogen-bond acceptors (Lipinski definition) is 3. The number of hydrogen-bond donors (Lipinski definition) is 1. The van der Waals surface area contributed by atoms with E-state index in [1.165, 1.54) is 0 Å². The number of benzene rings is 1. The van der Waals surface area contributed by atoms with Gasteiger partial charge in [-0.2, -0.15) is 5.26 Å². The maximum absolute atomic E-state index is 10.7. The Labute approximate surface area is 69.8 Å². The monoisotopic (exact) mass is 164 g/mol. The minimum absolute atomic E-state index is 0.137. The van der Waals surface area contributed by atoms with Crippen molar-refractivity contribution in [3.63, 3.8) is 0 Å². The topological polar surface area (TPSA) is 46.5 Å². The van der Waals surface area contributed by atoms with Gasteiger partial charge in [-0.25, -0.2) is 4.79 Å². The van der Waals surface area contributed by atoms with Crippen LogP contribution in [-0.4, -0.2) is 11.2 Å². The van der Waals surface area contributed by atoms with Crippen molar-refractivity contribution in [1.29, 1.82) is 0 Å². The van der Waals surface area contributed by atoms with Crippen LogP contribution in [0.5, 0.6) is 0 Å². The molecule has 0 saturated heterocycles. The predicted molar refractivity (Wildman–Crippen MR) is 44.2 cm³/mol. The highest BCUT2D eigenvalue weighted by Gasteiger charge is 2.09. The van der Waals surface area contributed by atoms with Crippen LogP contribution in [0.3, 0.4) is 0 Å². The first-order valence-electron chi connectivity index (χ1n) is 3.36. The SMILES string of the molecule is C=C(C(=O)OO)c1ccccc1. The van der Waals surface area contributed by atoms with Crippen LogP contribution in [0.1, 0.15) is 5.56 Å². The summed E-state index contributed by atoms with van der Waals surface area (Å²) in [6, 6.07) is 8.77. The Morgan fingerprint density at radius 1 is 1.33 bits per heavy atom. The molecule has 1 aromatic carbocycles. The fourth-order valence-electron chi connectivity index (χ4n) is 0.812. The summed E-state index contributed by atoms with van der Waals surface area (Å²) in [4.78, 5) is 14.3. The molecule has 1 N–H and O–H groups in total. The van der Waals surface area contributed by atoms with Crippen molar-refractivity contribution in [2.75, 3.05) is 0 Å². The van der Waals surface area contributed by atoms with Crippen molar-refractivity contribution in [3.05, 3.63) is 42.5 Å². The summed E-state index contributed by atoms with van der Waals surface area (Å²) in [6.45, 7) is 3.46. The Balaban J connectivity index is 2.86. The zero-order valence-corrected chi connectivity index (χ0v) is 6.36. The molecule has 62 valence electrons. The highest BCUT2D eigenvalue weighted by atomic mass is 17.1. The summed E-state index contributed by atoms with van der Waals surface area (Å²) in [5, 5.41) is 8.06. The summed E-state index contributed by atoms with van der Waals surface area (Å²) in [6.07, 6.45) is 0. The van der Waals surface area contributed by atoms with Gasteiger partial charge in [0.15, 0.2) is 0 Å². The second-order valence-electron chi connectivity index (χ2n) is 2.22. The number of rotatable bonds is 2. The first-order valence-corrected chi connectivity index (χ1v) is 3.36. The molecule has 0 aromatic heterocycles. The highest BCUT2D eigenvalue weighted by molar-refractivity contribution is 6.15. The van der Waals surface area contributed by atoms with Crippen molar-refractivity contribution in [3.8, 4) is 0 Å². The third kappa shape index (κ3) is 1.71. The van der Waals surface area contributed by atoms with E-state index in [2.05, 4.69) is 11.5 Å². The van der Waals surface area contributed by atoms with Crippen LogP contribution in [0.15, 0.2) is 36.9 Å². The van der Waals surface area contributed by atoms with Crippen molar-refractivity contribution in [1.82, 2.24) is 0 Å². The van der Waals surface area contributed by atoms with Gasteiger partial charge >= 0.3 is 5.97 Å². The molecule has 0 unspecified atom stereocenters. The Morgan fingerprint density at radius 3 is 2.42 bits per heavy atom. The molecule has 0 aliphatic rings. The minimum Gasteiger partial charge on any atom is -0.296 e. The molecule has 0 saturated carbocycles. The van der Waals surface area contributed by atoms with Gasteiger partial charge in [0, 0.05) is 0 Å². The predicted octanol–water partition coefficient (Wildman–Crippen LogP) is 1.72. The number of carbonyl (C=O) groups is 1. The zero-order valence-electron chi connectivity index (χ0n) is 6.36. The molecule has 1 rings (SSSR count). The Hall–Kier alpha value is -1.61. The van der Waals surface area contributed by atoms with Crippen LogP contribution in [-0.2, 0) is 9.68 Å². The van der Waals surface area contributed by atoms with Gasteiger partial charge in [0.2, 0.25) is 0 Å². The maximum atomic E-state index is 10.7. The Kier molecular flexibility index (Phi) is 2.61. The van der Waals surface area contributed by atoms with Gasteiger partial charge in [-0.15, -0.1) is 0 Å². The van der Waals surface area contributed by atoms with Crippen LogP contribution in [0.2, 0.25) is 0 Å². The summed E-state index contributed by atoms with van der Waals surface area (Å²) in [5.74, 6) is -0.832. The fourth-order valence-corrected chi connectivity index (χ4v) is 0.812. The van der Waals surface area contributed by atoms with E-state index >= 15 is 0 Å². The van der Waals surface area contributed by atoms with E-state index in [1.54, 1.807) is 24.3 Å². The van der Waals surface area contributed by atoms with Crippen molar-refractivity contribution >= 4 is 11.5 Å². The van der Waals surface area contributed by atoms with Gasteiger partial charge in [-0.1, -0.05) is 36.9 Å². The van der Waals surface area contributed by atoms with E-state index in [1.807, 2.05) is 6.07 Å². The van der Waals surface area contributed by atoms with E-state index in [0.29, 0.717) is 5.56 Å². The van der Waals surface area contributed by atoms with Gasteiger partial charge < -0.3 is 0 Å². The molecule has 0 heterocycles. The molecule has 0 aliphatic carbocycles. The standard InChI is InChI=1S/C9H8O3/c1-7(9(10)12-11)8-5-3-2-4-6-8/h2-6,11H,1H2. The normalized spacial score (nSPS) is 9.08. The van der Waals surface area contributed by atoms with Gasteiger partial charge in [0.05, 0.1) is 5.57 Å². The minimum atomic E-state index is -0.832. The average molecular weight is 164 g/mol. The summed E-state index contributed by atoms with van der Waals surface area (Å²) in [5.41, 5.74) is 0.773. The zero-order chi connectivity index (χ0) is 8.97. The lowest BCUT2D eigenvalue weighted by atomic mass is 10.1. The largest absolute Gasteiger partial charge is 0.372 e. The molecule has 0 bridgehead atoms. The van der Waals surface area contributed by atoms with Crippen LogP contribution >= 0.6 is 0 Å². The second kappa shape index (κ2) is 3.69. The molecule has 0 spiro atoms. The first-order chi connectivity index (χ1) is 5.75. The van der Waals surface area contributed by atoms with E-state index < -0.39 is 5.97 Å². The first kappa shape index (κ1) is 8.49. The molecule has 0 radical (unpaired) electrons. The molecule has 12 heavy (non-hydrogen) atoms. The van der Waals surface area contributed by atoms with E-state index in [0.717, 1.165) is 0 Å². The van der Waals surface area contributed by atoms with Crippen LogP contribution in [0, 0.1) is 0 Å². The van der Waals surface area contributed by atoms with Crippen molar-refractivity contribution in [2.45, 2.75) is 0 Å².